The average molecular weight is 614 g/mol. The van der Waals surface area contributed by atoms with Gasteiger partial charge >= 0.3 is 0 Å². The fourth-order valence-electron chi connectivity index (χ4n) is 7.00. The Balaban J connectivity index is 1.34. The van der Waals surface area contributed by atoms with Gasteiger partial charge in [0, 0.05) is 42.7 Å². The van der Waals surface area contributed by atoms with Gasteiger partial charge in [-0.25, -0.2) is 0 Å². The average Bonchev–Trinajstić information content (AvgIpc) is 3.03. The number of halogens is 1. The van der Waals surface area contributed by atoms with Crippen molar-refractivity contribution < 1.29 is 9.59 Å². The van der Waals surface area contributed by atoms with Crippen LogP contribution in [-0.4, -0.2) is 59.3 Å². The van der Waals surface area contributed by atoms with Crippen LogP contribution >= 0.6 is 11.6 Å². The molecule has 1 heterocycles. The van der Waals surface area contributed by atoms with E-state index >= 15 is 0 Å². The largest absolute Gasteiger partial charge is 0.370 e. The Labute approximate surface area is 265 Å². The second-order valence-corrected chi connectivity index (χ2v) is 12.8. The zero-order valence-electron chi connectivity index (χ0n) is 25.6. The monoisotopic (exact) mass is 613 g/mol. The van der Waals surface area contributed by atoms with E-state index in [0.29, 0.717) is 37.5 Å². The van der Waals surface area contributed by atoms with Crippen LogP contribution in [-0.2, 0) is 16.0 Å². The third kappa shape index (κ3) is 7.44. The molecule has 1 aliphatic carbocycles. The summed E-state index contributed by atoms with van der Waals surface area (Å²) in [6.07, 6.45) is 5.64. The van der Waals surface area contributed by atoms with Gasteiger partial charge in [0.15, 0.2) is 5.96 Å². The number of nitrogens with two attached hydrogens (primary N) is 2. The van der Waals surface area contributed by atoms with Crippen molar-refractivity contribution in [1.29, 1.82) is 0 Å². The first-order valence-electron chi connectivity index (χ1n) is 15.8. The molecule has 4 N–H and O–H groups in total. The van der Waals surface area contributed by atoms with Crippen LogP contribution in [0.15, 0.2) is 78.3 Å². The van der Waals surface area contributed by atoms with Gasteiger partial charge in [-0.1, -0.05) is 85.6 Å². The summed E-state index contributed by atoms with van der Waals surface area (Å²) in [6.45, 7) is 8.00. The van der Waals surface area contributed by atoms with Gasteiger partial charge in [0.1, 0.15) is 0 Å². The standard InChI is InChI=1S/C36H44ClN5O2/c1-24-22-42(35(44)33-12-6-5-11-32(33)25(2)27-15-17-30(37)18-16-27)31(10-7-19-40-36(38)39)23-41(24)34(43)21-26-13-14-28-8-3-4-9-29(28)20-26/h3-4,8-9,13-18,20,24,31-33H,2,5-7,10-12,19,21-23H2,1H3,(H4,38,39,40)/t24-,31+,32+,33+/m1/s1. The number of allylic oxidation sites excluding steroid dienone is 1. The summed E-state index contributed by atoms with van der Waals surface area (Å²) in [4.78, 5) is 36.3. The fraction of sp³-hybridized carbons (Fsp3) is 0.417. The van der Waals surface area contributed by atoms with E-state index < -0.39 is 0 Å². The second-order valence-electron chi connectivity index (χ2n) is 12.4. The lowest BCUT2D eigenvalue weighted by Crippen LogP contribution is -2.62. The Bertz CT molecular complexity index is 1520. The summed E-state index contributed by atoms with van der Waals surface area (Å²) in [6, 6.07) is 21.9. The van der Waals surface area contributed by atoms with Crippen molar-refractivity contribution in [1.82, 2.24) is 9.80 Å². The number of amides is 2. The van der Waals surface area contributed by atoms with Gasteiger partial charge in [0.2, 0.25) is 11.8 Å². The third-order valence-corrected chi connectivity index (χ3v) is 9.60. The number of guanidine groups is 1. The number of aliphatic imine (C=N–C) groups is 1. The summed E-state index contributed by atoms with van der Waals surface area (Å²) >= 11 is 6.14. The first-order valence-corrected chi connectivity index (χ1v) is 16.2. The van der Waals surface area contributed by atoms with Crippen LogP contribution < -0.4 is 11.5 Å². The Hall–Kier alpha value is -3.84. The van der Waals surface area contributed by atoms with Gasteiger partial charge in [-0.3, -0.25) is 14.6 Å². The van der Waals surface area contributed by atoms with Crippen molar-refractivity contribution in [2.45, 2.75) is 64.0 Å². The minimum atomic E-state index is -0.140. The highest BCUT2D eigenvalue weighted by Gasteiger charge is 2.41. The number of rotatable bonds is 9. The lowest BCUT2D eigenvalue weighted by molar-refractivity contribution is -0.150. The van der Waals surface area contributed by atoms with Gasteiger partial charge in [0.05, 0.1) is 6.42 Å². The van der Waals surface area contributed by atoms with Gasteiger partial charge < -0.3 is 21.3 Å². The van der Waals surface area contributed by atoms with Crippen molar-refractivity contribution in [2.75, 3.05) is 19.6 Å². The minimum Gasteiger partial charge on any atom is -0.370 e. The highest BCUT2D eigenvalue weighted by Crippen LogP contribution is 2.40. The summed E-state index contributed by atoms with van der Waals surface area (Å²) in [7, 11) is 0. The van der Waals surface area contributed by atoms with Crippen molar-refractivity contribution in [2.24, 2.45) is 28.3 Å². The van der Waals surface area contributed by atoms with Crippen LogP contribution in [0.3, 0.4) is 0 Å². The topological polar surface area (TPSA) is 105 Å². The van der Waals surface area contributed by atoms with E-state index in [-0.39, 0.29) is 41.7 Å². The number of piperazine rings is 1. The van der Waals surface area contributed by atoms with Gasteiger partial charge in [0.25, 0.3) is 0 Å². The first kappa shape index (κ1) is 31.6. The maximum atomic E-state index is 14.4. The zero-order valence-corrected chi connectivity index (χ0v) is 26.4. The van der Waals surface area contributed by atoms with Gasteiger partial charge in [-0.15, -0.1) is 0 Å². The molecule has 0 spiro atoms. The molecule has 4 atom stereocenters. The Morgan fingerprint density at radius 2 is 1.64 bits per heavy atom. The molecule has 0 bridgehead atoms. The molecule has 5 rings (SSSR count). The Kier molecular flexibility index (Phi) is 10.3. The second kappa shape index (κ2) is 14.3. The summed E-state index contributed by atoms with van der Waals surface area (Å²) < 4.78 is 0. The summed E-state index contributed by atoms with van der Waals surface area (Å²) in [5, 5.41) is 2.97. The molecule has 2 amide bonds. The van der Waals surface area contributed by atoms with Crippen LogP contribution in [0, 0.1) is 11.8 Å². The van der Waals surface area contributed by atoms with Crippen LogP contribution in [0.1, 0.15) is 56.6 Å². The molecule has 1 saturated heterocycles. The predicted octanol–water partition coefficient (Wildman–Crippen LogP) is 6.04. The van der Waals surface area contributed by atoms with Crippen LogP contribution in [0.4, 0.5) is 0 Å². The van der Waals surface area contributed by atoms with Gasteiger partial charge in [-0.2, -0.15) is 0 Å². The first-order chi connectivity index (χ1) is 21.2. The molecule has 0 radical (unpaired) electrons. The Morgan fingerprint density at radius 3 is 2.36 bits per heavy atom. The van der Waals surface area contributed by atoms with Crippen LogP contribution in [0.25, 0.3) is 16.3 Å². The lowest BCUT2D eigenvalue weighted by atomic mass is 9.73. The van der Waals surface area contributed by atoms with E-state index in [9.17, 15) is 9.59 Å². The summed E-state index contributed by atoms with van der Waals surface area (Å²) in [5.41, 5.74) is 14.2. The molecule has 8 heteroatoms. The quantitative estimate of drug-likeness (QED) is 0.174. The van der Waals surface area contributed by atoms with Crippen LogP contribution in [0.2, 0.25) is 5.02 Å². The van der Waals surface area contributed by atoms with E-state index in [2.05, 4.69) is 47.7 Å². The highest BCUT2D eigenvalue weighted by atomic mass is 35.5. The number of hydrogen-bond acceptors (Lipinski definition) is 3. The number of nitrogens with zero attached hydrogens (tertiary/aromatic N) is 3. The molecule has 44 heavy (non-hydrogen) atoms. The van der Waals surface area contributed by atoms with Crippen LogP contribution in [0.5, 0.6) is 0 Å². The maximum Gasteiger partial charge on any atom is 0.227 e. The minimum absolute atomic E-state index is 0.0631. The maximum absolute atomic E-state index is 14.4. The van der Waals surface area contributed by atoms with E-state index in [4.69, 9.17) is 23.1 Å². The molecule has 2 aliphatic rings. The van der Waals surface area contributed by atoms with E-state index in [0.717, 1.165) is 59.6 Å². The molecule has 232 valence electrons. The van der Waals surface area contributed by atoms with E-state index in [1.807, 2.05) is 47.4 Å². The van der Waals surface area contributed by atoms with Crippen molar-refractivity contribution in [3.63, 3.8) is 0 Å². The number of hydrogen-bond donors (Lipinski definition) is 2. The Morgan fingerprint density at radius 1 is 0.932 bits per heavy atom. The molecule has 1 saturated carbocycles. The summed E-state index contributed by atoms with van der Waals surface area (Å²) in [5.74, 6) is 0.251. The number of carbonyl (C=O) groups excluding carboxylic acids is 2. The van der Waals surface area contributed by atoms with Crippen molar-refractivity contribution >= 4 is 45.7 Å². The number of fused-ring (bicyclic) bond motifs is 1. The number of benzene rings is 3. The molecule has 3 aromatic rings. The molecular weight excluding hydrogens is 570 g/mol. The van der Waals surface area contributed by atoms with E-state index in [1.165, 1.54) is 0 Å². The lowest BCUT2D eigenvalue weighted by Gasteiger charge is -2.47. The smallest absolute Gasteiger partial charge is 0.227 e. The normalized spacial score (nSPS) is 22.0. The zero-order chi connectivity index (χ0) is 31.2. The fourth-order valence-corrected chi connectivity index (χ4v) is 7.12. The molecule has 3 aromatic carbocycles. The predicted molar refractivity (Wildman–Crippen MR) is 180 cm³/mol. The molecule has 1 aliphatic heterocycles. The molecule has 7 nitrogen and oxygen atoms in total. The van der Waals surface area contributed by atoms with Crippen molar-refractivity contribution in [3.05, 3.63) is 89.5 Å². The molecular formula is C36H44ClN5O2. The number of carbonyl (C=O) groups is 2. The SMILES string of the molecule is C=C(c1ccc(Cl)cc1)[C@@H]1CCCC[C@@H]1C(=O)N1C[C@@H](C)N(C(=O)Cc2ccc3ccccc3c2)C[C@@H]1CCCN=C(N)N. The van der Waals surface area contributed by atoms with E-state index in [1.54, 1.807) is 0 Å². The molecule has 2 fully saturated rings. The molecule has 0 aromatic heterocycles. The van der Waals surface area contributed by atoms with Crippen molar-refractivity contribution in [3.8, 4) is 0 Å². The molecule has 0 unspecified atom stereocenters. The third-order valence-electron chi connectivity index (χ3n) is 9.35. The van der Waals surface area contributed by atoms with Gasteiger partial charge in [-0.05, 0) is 78.1 Å². The highest BCUT2D eigenvalue weighted by molar-refractivity contribution is 6.30.